The van der Waals surface area contributed by atoms with Crippen molar-refractivity contribution in [1.82, 2.24) is 0 Å². The lowest BCUT2D eigenvalue weighted by Gasteiger charge is -1.88. The Morgan fingerprint density at radius 2 is 2.62 bits per heavy atom. The molecule has 2 aliphatic heterocycles. The molecule has 5 nitrogen and oxygen atoms in total. The molecule has 0 N–H and O–H groups in total. The van der Waals surface area contributed by atoms with Crippen LogP contribution in [-0.4, -0.2) is 36.8 Å². The van der Waals surface area contributed by atoms with Gasteiger partial charge in [0.25, 0.3) is 0 Å². The topological polar surface area (TPSA) is 60.4 Å². The highest BCUT2D eigenvalue weighted by molar-refractivity contribution is 8.14. The van der Waals surface area contributed by atoms with E-state index < -0.39 is 8.25 Å². The van der Waals surface area contributed by atoms with Crippen LogP contribution in [0, 0.1) is 0 Å². The maximum absolute atomic E-state index is 11.1. The summed E-state index contributed by atoms with van der Waals surface area (Å²) in [6, 6.07) is 0. The van der Waals surface area contributed by atoms with Gasteiger partial charge in [-0.25, -0.2) is 9.52 Å². The smallest absolute Gasteiger partial charge is 0.370 e. The van der Waals surface area contributed by atoms with Crippen molar-refractivity contribution in [3.05, 3.63) is 0 Å². The van der Waals surface area contributed by atoms with Crippen LogP contribution in [0.15, 0.2) is 4.99 Å². The molecule has 7 heteroatoms. The molecule has 0 bridgehead atoms. The van der Waals surface area contributed by atoms with Crippen molar-refractivity contribution in [2.45, 2.75) is 6.10 Å². The number of rotatable bonds is 4. The molecule has 13 heavy (non-hydrogen) atoms. The van der Waals surface area contributed by atoms with E-state index in [1.54, 1.807) is 0 Å². The number of thioether (sulfide) groups is 1. The average molecular weight is 222 g/mol. The Morgan fingerprint density at radius 1 is 1.77 bits per heavy atom. The fourth-order valence-electron chi connectivity index (χ4n) is 0.769. The molecule has 0 spiro atoms. The van der Waals surface area contributed by atoms with Crippen molar-refractivity contribution >= 4 is 25.2 Å². The molecular weight excluding hydrogens is 213 g/mol. The lowest BCUT2D eigenvalue weighted by molar-refractivity contribution is 0.247. The molecule has 0 amide bonds. The van der Waals surface area contributed by atoms with Gasteiger partial charge in [-0.15, -0.1) is 4.52 Å². The molecular formula is C6H9NO4PS+. The largest absolute Gasteiger partial charge is 0.752 e. The number of ether oxygens (including phenoxy) is 1. The monoisotopic (exact) mass is 222 g/mol. The van der Waals surface area contributed by atoms with Crippen LogP contribution >= 0.6 is 20.0 Å². The zero-order chi connectivity index (χ0) is 9.10. The van der Waals surface area contributed by atoms with Crippen LogP contribution in [0.3, 0.4) is 0 Å². The average Bonchev–Trinajstić information content (AvgIpc) is 2.82. The Morgan fingerprint density at radius 3 is 3.23 bits per heavy atom. The second kappa shape index (κ2) is 4.37. The first-order valence-corrected chi connectivity index (χ1v) is 6.00. The van der Waals surface area contributed by atoms with Crippen LogP contribution < -0.4 is 0 Å². The van der Waals surface area contributed by atoms with E-state index in [1.165, 1.54) is 11.8 Å². The lowest BCUT2D eigenvalue weighted by atomic mass is 10.5. The second-order valence-corrected chi connectivity index (χ2v) is 4.50. The first-order valence-electron chi connectivity index (χ1n) is 3.91. The molecule has 0 aromatic heterocycles. The van der Waals surface area contributed by atoms with E-state index in [9.17, 15) is 4.57 Å². The Labute approximate surface area is 80.8 Å². The third-order valence-electron chi connectivity index (χ3n) is 1.48. The van der Waals surface area contributed by atoms with Gasteiger partial charge in [0.2, 0.25) is 0 Å². The molecule has 2 aliphatic rings. The summed E-state index contributed by atoms with van der Waals surface area (Å²) in [5, 5.41) is 0.470. The third kappa shape index (κ3) is 3.23. The fraction of sp³-hybridized carbons (Fsp3) is 0.833. The van der Waals surface area contributed by atoms with Gasteiger partial charge < -0.3 is 4.74 Å². The zero-order valence-corrected chi connectivity index (χ0v) is 8.55. The van der Waals surface area contributed by atoms with Crippen molar-refractivity contribution < 1.29 is 18.3 Å². The molecule has 0 saturated carbocycles. The Hall–Kier alpha value is -0.160. The van der Waals surface area contributed by atoms with Gasteiger partial charge >= 0.3 is 13.5 Å². The highest BCUT2D eigenvalue weighted by Crippen LogP contribution is 2.30. The second-order valence-electron chi connectivity index (χ2n) is 2.56. The lowest BCUT2D eigenvalue weighted by Crippen LogP contribution is -1.97. The number of hydrogen-bond acceptors (Lipinski definition) is 6. The van der Waals surface area contributed by atoms with E-state index >= 15 is 0 Å². The van der Waals surface area contributed by atoms with Crippen LogP contribution in [0.25, 0.3) is 0 Å². The highest BCUT2D eigenvalue weighted by Gasteiger charge is 2.32. The number of nitrogens with zero attached hydrogens (tertiary/aromatic N) is 1. The normalized spacial score (nSPS) is 26.9. The van der Waals surface area contributed by atoms with Gasteiger partial charge in [-0.05, 0) is 0 Å². The van der Waals surface area contributed by atoms with E-state index in [1.807, 2.05) is 0 Å². The standard InChI is InChI=1S/C6H9NO4PS/c8-12(10-4-5-3-9-5)11-6-7-1-2-13-6/h5H,1-4H2/q+1. The predicted molar refractivity (Wildman–Crippen MR) is 49.1 cm³/mol. The van der Waals surface area contributed by atoms with Crippen molar-refractivity contribution in [3.8, 4) is 0 Å². The van der Waals surface area contributed by atoms with Gasteiger partial charge in [0.15, 0.2) is 0 Å². The van der Waals surface area contributed by atoms with E-state index in [-0.39, 0.29) is 6.10 Å². The zero-order valence-electron chi connectivity index (χ0n) is 6.84. The minimum atomic E-state index is -2.07. The number of aliphatic imine (C=N–C) groups is 1. The minimum Gasteiger partial charge on any atom is -0.370 e. The molecule has 0 radical (unpaired) electrons. The summed E-state index contributed by atoms with van der Waals surface area (Å²) in [4.78, 5) is 3.98. The summed E-state index contributed by atoms with van der Waals surface area (Å²) in [6.07, 6.45) is 0.112. The molecule has 0 aliphatic carbocycles. The maximum Gasteiger partial charge on any atom is 0.752 e. The maximum atomic E-state index is 11.1. The van der Waals surface area contributed by atoms with Crippen LogP contribution in [0.5, 0.6) is 0 Å². The Bertz CT molecular complexity index is 243. The Balaban J connectivity index is 1.64. The van der Waals surface area contributed by atoms with Gasteiger partial charge in [0.05, 0.1) is 13.2 Å². The van der Waals surface area contributed by atoms with Crippen LogP contribution in [0.2, 0.25) is 0 Å². The molecule has 2 unspecified atom stereocenters. The van der Waals surface area contributed by atoms with E-state index in [0.717, 1.165) is 12.3 Å². The summed E-state index contributed by atoms with van der Waals surface area (Å²) in [7, 11) is -2.07. The quantitative estimate of drug-likeness (QED) is 0.528. The van der Waals surface area contributed by atoms with Gasteiger partial charge in [-0.1, -0.05) is 11.8 Å². The summed E-state index contributed by atoms with van der Waals surface area (Å²) in [5.41, 5.74) is 0. The first kappa shape index (κ1) is 9.40. The van der Waals surface area contributed by atoms with E-state index in [2.05, 4.69) is 4.99 Å². The SMILES string of the molecule is O=[P+](OCC1CO1)OC1=NCCS1. The van der Waals surface area contributed by atoms with Gasteiger partial charge in [0, 0.05) is 10.3 Å². The highest BCUT2D eigenvalue weighted by atomic mass is 32.2. The van der Waals surface area contributed by atoms with Crippen molar-refractivity contribution in [2.24, 2.45) is 4.99 Å². The molecule has 72 valence electrons. The van der Waals surface area contributed by atoms with Gasteiger partial charge in [0.1, 0.15) is 12.7 Å². The molecule has 0 aromatic carbocycles. The minimum absolute atomic E-state index is 0.112. The van der Waals surface area contributed by atoms with Crippen molar-refractivity contribution in [1.29, 1.82) is 0 Å². The fourth-order valence-corrected chi connectivity index (χ4v) is 2.23. The summed E-state index contributed by atoms with van der Waals surface area (Å²) >= 11 is 1.45. The molecule has 0 aromatic rings. The van der Waals surface area contributed by atoms with Crippen molar-refractivity contribution in [3.63, 3.8) is 0 Å². The van der Waals surface area contributed by atoms with Crippen molar-refractivity contribution in [2.75, 3.05) is 25.5 Å². The Kier molecular flexibility index (Phi) is 3.16. The molecule has 1 fully saturated rings. The van der Waals surface area contributed by atoms with Gasteiger partial charge in [-0.3, -0.25) is 0 Å². The summed E-state index contributed by atoms with van der Waals surface area (Å²) in [5.74, 6) is 0.893. The van der Waals surface area contributed by atoms with Crippen LogP contribution in [0.4, 0.5) is 0 Å². The molecule has 2 heterocycles. The molecule has 2 rings (SSSR count). The molecule has 1 saturated heterocycles. The third-order valence-corrected chi connectivity index (χ3v) is 3.13. The number of epoxide rings is 1. The first-order chi connectivity index (χ1) is 6.34. The van der Waals surface area contributed by atoms with E-state index in [0.29, 0.717) is 18.4 Å². The summed E-state index contributed by atoms with van der Waals surface area (Å²) in [6.45, 7) is 1.76. The van der Waals surface area contributed by atoms with Crippen LogP contribution in [-0.2, 0) is 18.3 Å². The van der Waals surface area contributed by atoms with E-state index in [4.69, 9.17) is 13.8 Å². The van der Waals surface area contributed by atoms with Crippen LogP contribution in [0.1, 0.15) is 0 Å². The number of hydrogen-bond donors (Lipinski definition) is 0. The van der Waals surface area contributed by atoms with Gasteiger partial charge in [-0.2, -0.15) is 0 Å². The summed E-state index contributed by atoms with van der Waals surface area (Å²) < 4.78 is 25.8. The predicted octanol–water partition coefficient (Wildman–Crippen LogP) is 1.18. The molecule has 2 atom stereocenters.